The molecular weight excluding hydrogens is 324 g/mol. The molecule has 0 fully saturated rings. The summed E-state index contributed by atoms with van der Waals surface area (Å²) in [4.78, 5) is 18.3. The minimum absolute atomic E-state index is 0.191. The number of methoxy groups -OCH3 is 1. The third kappa shape index (κ3) is 5.02. The van der Waals surface area contributed by atoms with Gasteiger partial charge in [0.05, 0.1) is 18.3 Å². The van der Waals surface area contributed by atoms with Crippen molar-refractivity contribution < 1.29 is 14.1 Å². The third-order valence-corrected chi connectivity index (χ3v) is 3.84. The molecule has 1 N–H and O–H groups in total. The van der Waals surface area contributed by atoms with E-state index in [4.69, 9.17) is 9.26 Å². The monoisotopic (exact) mass is 350 g/mol. The highest BCUT2D eigenvalue weighted by Gasteiger charge is 2.20. The van der Waals surface area contributed by atoms with E-state index in [1.165, 1.54) is 0 Å². The van der Waals surface area contributed by atoms with Crippen molar-refractivity contribution in [1.29, 1.82) is 0 Å². The summed E-state index contributed by atoms with van der Waals surface area (Å²) in [5.74, 6) is 1.40. The molecule has 0 unspecified atom stereocenters. The molecule has 2 rings (SSSR count). The predicted octanol–water partition coefficient (Wildman–Crippen LogP) is 1.50. The van der Waals surface area contributed by atoms with E-state index >= 15 is 0 Å². The average molecular weight is 350 g/mol. The van der Waals surface area contributed by atoms with Crippen LogP contribution in [0.4, 0.5) is 4.79 Å². The SMILES string of the molecule is COC[C@@H](NC(=O)N(C)CCc1noc(C(C)C)n1)c1ccnn1C. The summed E-state index contributed by atoms with van der Waals surface area (Å²) >= 11 is 0. The van der Waals surface area contributed by atoms with E-state index in [1.807, 2.05) is 27.0 Å². The lowest BCUT2D eigenvalue weighted by Crippen LogP contribution is -2.42. The smallest absolute Gasteiger partial charge is 0.317 e. The summed E-state index contributed by atoms with van der Waals surface area (Å²) in [7, 11) is 5.16. The van der Waals surface area contributed by atoms with Gasteiger partial charge < -0.3 is 19.5 Å². The number of hydrogen-bond acceptors (Lipinski definition) is 6. The molecule has 0 aliphatic heterocycles. The molecule has 9 nitrogen and oxygen atoms in total. The molecule has 2 heterocycles. The number of urea groups is 1. The van der Waals surface area contributed by atoms with Crippen molar-refractivity contribution in [3.63, 3.8) is 0 Å². The fraction of sp³-hybridized carbons (Fsp3) is 0.625. The molecule has 0 bridgehead atoms. The first-order chi connectivity index (χ1) is 11.9. The van der Waals surface area contributed by atoms with Crippen LogP contribution in [0.2, 0.25) is 0 Å². The zero-order valence-corrected chi connectivity index (χ0v) is 15.4. The van der Waals surface area contributed by atoms with Gasteiger partial charge in [0.25, 0.3) is 0 Å². The normalized spacial score (nSPS) is 12.4. The topological polar surface area (TPSA) is 98.3 Å². The minimum Gasteiger partial charge on any atom is -0.382 e. The first-order valence-electron chi connectivity index (χ1n) is 8.23. The summed E-state index contributed by atoms with van der Waals surface area (Å²) in [5.41, 5.74) is 0.878. The minimum atomic E-state index is -0.273. The van der Waals surface area contributed by atoms with Crippen molar-refractivity contribution in [3.8, 4) is 0 Å². The quantitative estimate of drug-likeness (QED) is 0.775. The summed E-state index contributed by atoms with van der Waals surface area (Å²) < 4.78 is 12.1. The Hall–Kier alpha value is -2.42. The molecule has 138 valence electrons. The molecule has 0 spiro atoms. The fourth-order valence-electron chi connectivity index (χ4n) is 2.33. The first-order valence-corrected chi connectivity index (χ1v) is 8.23. The number of carbonyl (C=O) groups is 1. The number of rotatable bonds is 8. The average Bonchev–Trinajstić information content (AvgIpc) is 3.21. The molecule has 9 heteroatoms. The van der Waals surface area contributed by atoms with Gasteiger partial charge in [-0.15, -0.1) is 0 Å². The number of ether oxygens (including phenoxy) is 1. The second-order valence-electron chi connectivity index (χ2n) is 6.21. The van der Waals surface area contributed by atoms with Gasteiger partial charge in [0, 0.05) is 46.3 Å². The molecule has 25 heavy (non-hydrogen) atoms. The predicted molar refractivity (Wildman–Crippen MR) is 91.1 cm³/mol. The van der Waals surface area contributed by atoms with Crippen LogP contribution in [0.1, 0.15) is 43.2 Å². The largest absolute Gasteiger partial charge is 0.382 e. The Balaban J connectivity index is 1.90. The Morgan fingerprint density at radius 3 is 2.80 bits per heavy atom. The Kier molecular flexibility index (Phi) is 6.51. The van der Waals surface area contributed by atoms with Gasteiger partial charge in [-0.1, -0.05) is 19.0 Å². The van der Waals surface area contributed by atoms with Crippen LogP contribution in [0.15, 0.2) is 16.8 Å². The summed E-state index contributed by atoms with van der Waals surface area (Å²) in [5, 5.41) is 11.0. The second kappa shape index (κ2) is 8.61. The maximum atomic E-state index is 12.4. The highest BCUT2D eigenvalue weighted by Crippen LogP contribution is 2.13. The lowest BCUT2D eigenvalue weighted by Gasteiger charge is -2.23. The zero-order chi connectivity index (χ0) is 18.4. The van der Waals surface area contributed by atoms with Gasteiger partial charge >= 0.3 is 6.03 Å². The first kappa shape index (κ1) is 18.9. The van der Waals surface area contributed by atoms with Crippen molar-refractivity contribution >= 4 is 6.03 Å². The third-order valence-electron chi connectivity index (χ3n) is 3.84. The highest BCUT2D eigenvalue weighted by atomic mass is 16.5. The number of amides is 2. The van der Waals surface area contributed by atoms with E-state index in [0.717, 1.165) is 5.69 Å². The van der Waals surface area contributed by atoms with Gasteiger partial charge in [0.15, 0.2) is 5.82 Å². The number of carbonyl (C=O) groups excluding carboxylic acids is 1. The van der Waals surface area contributed by atoms with Crippen LogP contribution in [0, 0.1) is 0 Å². The number of aromatic nitrogens is 4. The van der Waals surface area contributed by atoms with Crippen molar-refractivity contribution in [2.24, 2.45) is 7.05 Å². The van der Waals surface area contributed by atoms with E-state index in [0.29, 0.717) is 31.3 Å². The van der Waals surface area contributed by atoms with Crippen molar-refractivity contribution in [1.82, 2.24) is 30.1 Å². The van der Waals surface area contributed by atoms with Crippen LogP contribution in [0.25, 0.3) is 0 Å². The van der Waals surface area contributed by atoms with Gasteiger partial charge in [-0.25, -0.2) is 4.79 Å². The molecule has 0 aliphatic rings. The van der Waals surface area contributed by atoms with Gasteiger partial charge in [0.1, 0.15) is 0 Å². The molecule has 0 saturated carbocycles. The van der Waals surface area contributed by atoms with Crippen LogP contribution in [0.3, 0.4) is 0 Å². The van der Waals surface area contributed by atoms with E-state index in [9.17, 15) is 4.79 Å². The van der Waals surface area contributed by atoms with E-state index in [1.54, 1.807) is 29.9 Å². The standard InChI is InChI=1S/C16H26N6O3/c1-11(2)15-19-14(20-25-15)7-9-21(3)16(23)18-12(10-24-5)13-6-8-17-22(13)4/h6,8,11-12H,7,9-10H2,1-5H3,(H,18,23)/t12-/m1/s1. The molecule has 2 aromatic heterocycles. The maximum Gasteiger partial charge on any atom is 0.317 e. The van der Waals surface area contributed by atoms with Crippen LogP contribution in [0.5, 0.6) is 0 Å². The molecule has 0 saturated heterocycles. The number of likely N-dealkylation sites (N-methyl/N-ethyl adjacent to an activating group) is 1. The Labute approximate surface area is 147 Å². The van der Waals surface area contributed by atoms with E-state index < -0.39 is 0 Å². The number of nitrogens with one attached hydrogen (secondary N) is 1. The van der Waals surface area contributed by atoms with Gasteiger partial charge in [-0.3, -0.25) is 4.68 Å². The van der Waals surface area contributed by atoms with Gasteiger partial charge in [-0.05, 0) is 6.07 Å². The molecule has 0 radical (unpaired) electrons. The second-order valence-corrected chi connectivity index (χ2v) is 6.21. The van der Waals surface area contributed by atoms with Crippen molar-refractivity contribution in [3.05, 3.63) is 29.7 Å². The molecule has 2 amide bonds. The summed E-state index contributed by atoms with van der Waals surface area (Å²) in [6.07, 6.45) is 2.22. The number of nitrogens with zero attached hydrogens (tertiary/aromatic N) is 5. The Bertz CT molecular complexity index is 681. The molecule has 2 aromatic rings. The van der Waals surface area contributed by atoms with Crippen molar-refractivity contribution in [2.45, 2.75) is 32.2 Å². The lowest BCUT2D eigenvalue weighted by molar-refractivity contribution is 0.155. The van der Waals surface area contributed by atoms with Crippen molar-refractivity contribution in [2.75, 3.05) is 27.3 Å². The number of aryl methyl sites for hydroxylation is 1. The summed E-state index contributed by atoms with van der Waals surface area (Å²) in [6, 6.07) is 1.39. The lowest BCUT2D eigenvalue weighted by atomic mass is 10.2. The molecule has 0 aliphatic carbocycles. The molecule has 0 aromatic carbocycles. The van der Waals surface area contributed by atoms with Gasteiger partial charge in [0.2, 0.25) is 5.89 Å². The molecule has 1 atom stereocenters. The Morgan fingerprint density at radius 2 is 2.24 bits per heavy atom. The van der Waals surface area contributed by atoms with E-state index in [2.05, 4.69) is 20.6 Å². The van der Waals surface area contributed by atoms with Gasteiger partial charge in [-0.2, -0.15) is 10.1 Å². The van der Waals surface area contributed by atoms with Crippen LogP contribution < -0.4 is 5.32 Å². The van der Waals surface area contributed by atoms with Crippen LogP contribution in [-0.2, 0) is 18.2 Å². The van der Waals surface area contributed by atoms with Crippen LogP contribution >= 0.6 is 0 Å². The number of hydrogen-bond donors (Lipinski definition) is 1. The van der Waals surface area contributed by atoms with E-state index in [-0.39, 0.29) is 18.0 Å². The van der Waals surface area contributed by atoms with Crippen LogP contribution in [-0.4, -0.2) is 58.2 Å². The Morgan fingerprint density at radius 1 is 1.48 bits per heavy atom. The zero-order valence-electron chi connectivity index (χ0n) is 15.4. The maximum absolute atomic E-state index is 12.4. The fourth-order valence-corrected chi connectivity index (χ4v) is 2.33. The highest BCUT2D eigenvalue weighted by molar-refractivity contribution is 5.74. The summed E-state index contributed by atoms with van der Waals surface area (Å²) in [6.45, 7) is 4.83. The molecular formula is C16H26N6O3.